The molecule has 4 nitrogen and oxygen atoms in total. The van der Waals surface area contributed by atoms with Gasteiger partial charge in [0.1, 0.15) is 0 Å². The van der Waals surface area contributed by atoms with Gasteiger partial charge in [0, 0.05) is 13.1 Å². The van der Waals surface area contributed by atoms with E-state index in [-0.39, 0.29) is 5.41 Å². The van der Waals surface area contributed by atoms with Crippen LogP contribution >= 0.6 is 0 Å². The summed E-state index contributed by atoms with van der Waals surface area (Å²) in [6.07, 6.45) is 5.52. The summed E-state index contributed by atoms with van der Waals surface area (Å²) >= 11 is 0. The Kier molecular flexibility index (Phi) is 4.10. The quantitative estimate of drug-likeness (QED) is 0.752. The van der Waals surface area contributed by atoms with E-state index >= 15 is 0 Å². The van der Waals surface area contributed by atoms with Gasteiger partial charge >= 0.3 is 0 Å². The van der Waals surface area contributed by atoms with Crippen LogP contribution in [0.25, 0.3) is 0 Å². The van der Waals surface area contributed by atoms with E-state index in [0.29, 0.717) is 18.2 Å². The highest BCUT2D eigenvalue weighted by Crippen LogP contribution is 2.32. The van der Waals surface area contributed by atoms with Gasteiger partial charge in [-0.3, -0.25) is 0 Å². The third-order valence-electron chi connectivity index (χ3n) is 3.90. The molecule has 1 atom stereocenters. The number of hydrogen-bond acceptors (Lipinski definition) is 3. The van der Waals surface area contributed by atoms with Gasteiger partial charge in [0.15, 0.2) is 0 Å². The summed E-state index contributed by atoms with van der Waals surface area (Å²) in [5, 5.41) is 3.34. The molecule has 0 spiro atoms. The molecule has 0 aromatic carbocycles. The first-order chi connectivity index (χ1) is 7.99. The molecule has 0 aromatic rings. The van der Waals surface area contributed by atoms with Gasteiger partial charge < -0.3 is 5.32 Å². The van der Waals surface area contributed by atoms with Gasteiger partial charge in [-0.25, -0.2) is 13.1 Å². The van der Waals surface area contributed by atoms with E-state index < -0.39 is 10.0 Å². The van der Waals surface area contributed by atoms with Gasteiger partial charge in [-0.1, -0.05) is 19.8 Å². The fourth-order valence-corrected chi connectivity index (χ4v) is 3.71. The summed E-state index contributed by atoms with van der Waals surface area (Å²) in [5.41, 5.74) is 0.0882. The van der Waals surface area contributed by atoms with Crippen molar-refractivity contribution in [3.8, 4) is 0 Å². The van der Waals surface area contributed by atoms with Crippen LogP contribution in [-0.4, -0.2) is 33.8 Å². The van der Waals surface area contributed by atoms with Crippen molar-refractivity contribution >= 4 is 10.0 Å². The minimum atomic E-state index is -3.05. The zero-order chi connectivity index (χ0) is 12.4. The van der Waals surface area contributed by atoms with Crippen LogP contribution in [0.15, 0.2) is 0 Å². The maximum Gasteiger partial charge on any atom is 0.211 e. The molecule has 5 heteroatoms. The molecule has 17 heavy (non-hydrogen) atoms. The second kappa shape index (κ2) is 5.24. The van der Waals surface area contributed by atoms with Crippen molar-refractivity contribution < 1.29 is 8.42 Å². The van der Waals surface area contributed by atoms with Crippen molar-refractivity contribution in [1.82, 2.24) is 10.0 Å². The smallest absolute Gasteiger partial charge is 0.211 e. The number of rotatable bonds is 6. The maximum absolute atomic E-state index is 11.8. The van der Waals surface area contributed by atoms with E-state index in [2.05, 4.69) is 17.0 Å². The summed E-state index contributed by atoms with van der Waals surface area (Å²) in [6.45, 7) is 4.71. The van der Waals surface area contributed by atoms with Crippen LogP contribution in [0, 0.1) is 11.3 Å². The third kappa shape index (κ3) is 4.56. The van der Waals surface area contributed by atoms with E-state index in [1.54, 1.807) is 0 Å². The number of hydrogen-bond donors (Lipinski definition) is 2. The van der Waals surface area contributed by atoms with E-state index in [4.69, 9.17) is 0 Å². The zero-order valence-electron chi connectivity index (χ0n) is 10.7. The molecule has 1 aliphatic heterocycles. The maximum atomic E-state index is 11.8. The van der Waals surface area contributed by atoms with Crippen molar-refractivity contribution in [2.45, 2.75) is 39.0 Å². The molecule has 100 valence electrons. The van der Waals surface area contributed by atoms with Crippen molar-refractivity contribution in [3.63, 3.8) is 0 Å². The standard InChI is InChI=1S/C12H24N2O2S/c1-12(6-2-7-13-9-12)10-14-17(15,16)8-5-11-3-4-11/h11,13-14H,2-10H2,1H3. The molecular weight excluding hydrogens is 236 g/mol. The van der Waals surface area contributed by atoms with E-state index in [9.17, 15) is 8.42 Å². The highest BCUT2D eigenvalue weighted by Gasteiger charge is 2.29. The molecule has 1 saturated carbocycles. The molecule has 2 N–H and O–H groups in total. The third-order valence-corrected chi connectivity index (χ3v) is 5.25. The van der Waals surface area contributed by atoms with Crippen LogP contribution in [0.1, 0.15) is 39.0 Å². The van der Waals surface area contributed by atoms with Gasteiger partial charge in [-0.05, 0) is 37.1 Å². The normalized spacial score (nSPS) is 30.4. The fourth-order valence-electron chi connectivity index (χ4n) is 2.35. The van der Waals surface area contributed by atoms with Crippen molar-refractivity contribution in [3.05, 3.63) is 0 Å². The predicted molar refractivity (Wildman–Crippen MR) is 69.3 cm³/mol. The highest BCUT2D eigenvalue weighted by atomic mass is 32.2. The molecule has 0 aromatic heterocycles. The van der Waals surface area contributed by atoms with E-state index in [1.165, 1.54) is 12.8 Å². The molecule has 2 rings (SSSR count). The Morgan fingerprint density at radius 3 is 2.76 bits per heavy atom. The van der Waals surface area contributed by atoms with Crippen molar-refractivity contribution in [2.24, 2.45) is 11.3 Å². The highest BCUT2D eigenvalue weighted by molar-refractivity contribution is 7.89. The minimum absolute atomic E-state index is 0.0882. The molecule has 2 fully saturated rings. The molecule has 0 bridgehead atoms. The fraction of sp³-hybridized carbons (Fsp3) is 1.00. The number of piperidine rings is 1. The molecule has 1 aliphatic carbocycles. The number of nitrogens with one attached hydrogen (secondary N) is 2. The van der Waals surface area contributed by atoms with Crippen LogP contribution in [0.2, 0.25) is 0 Å². The molecule has 2 aliphatic rings. The van der Waals surface area contributed by atoms with Gasteiger partial charge in [-0.2, -0.15) is 0 Å². The van der Waals surface area contributed by atoms with Gasteiger partial charge in [0.05, 0.1) is 5.75 Å². The Morgan fingerprint density at radius 1 is 1.41 bits per heavy atom. The summed E-state index contributed by atoms with van der Waals surface area (Å²) < 4.78 is 26.4. The second-order valence-corrected chi connectivity index (χ2v) is 7.89. The lowest BCUT2D eigenvalue weighted by Gasteiger charge is -2.34. The van der Waals surface area contributed by atoms with E-state index in [0.717, 1.165) is 32.4 Å². The summed E-state index contributed by atoms with van der Waals surface area (Å²) in [5.74, 6) is 0.986. The lowest BCUT2D eigenvalue weighted by Crippen LogP contribution is -2.46. The molecule has 1 saturated heterocycles. The Bertz CT molecular complexity index is 344. The van der Waals surface area contributed by atoms with Crippen LogP contribution < -0.4 is 10.0 Å². The molecule has 0 amide bonds. The van der Waals surface area contributed by atoms with Crippen LogP contribution in [0.4, 0.5) is 0 Å². The first-order valence-electron chi connectivity index (χ1n) is 6.67. The lowest BCUT2D eigenvalue weighted by atomic mass is 9.83. The van der Waals surface area contributed by atoms with Gasteiger partial charge in [-0.15, -0.1) is 0 Å². The zero-order valence-corrected chi connectivity index (χ0v) is 11.5. The Hall–Kier alpha value is -0.130. The first kappa shape index (κ1) is 13.3. The van der Waals surface area contributed by atoms with Crippen molar-refractivity contribution in [1.29, 1.82) is 0 Å². The van der Waals surface area contributed by atoms with Gasteiger partial charge in [0.2, 0.25) is 10.0 Å². The molecule has 1 heterocycles. The summed E-state index contributed by atoms with van der Waals surface area (Å²) in [4.78, 5) is 0. The topological polar surface area (TPSA) is 58.2 Å². The SMILES string of the molecule is CC1(CNS(=O)(=O)CCC2CC2)CCCNC1. The Balaban J connectivity index is 1.74. The van der Waals surface area contributed by atoms with Crippen LogP contribution in [0.3, 0.4) is 0 Å². The minimum Gasteiger partial charge on any atom is -0.316 e. The summed E-state index contributed by atoms with van der Waals surface area (Å²) in [7, 11) is -3.05. The monoisotopic (exact) mass is 260 g/mol. The average molecular weight is 260 g/mol. The molecule has 1 unspecified atom stereocenters. The second-order valence-electron chi connectivity index (χ2n) is 5.96. The average Bonchev–Trinajstić information content (AvgIpc) is 3.09. The Morgan fingerprint density at radius 2 is 2.18 bits per heavy atom. The van der Waals surface area contributed by atoms with Gasteiger partial charge in [0.25, 0.3) is 0 Å². The first-order valence-corrected chi connectivity index (χ1v) is 8.32. The number of sulfonamides is 1. The lowest BCUT2D eigenvalue weighted by molar-refractivity contribution is 0.238. The predicted octanol–water partition coefficient (Wildman–Crippen LogP) is 1.10. The molecular formula is C12H24N2O2S. The van der Waals surface area contributed by atoms with E-state index in [1.807, 2.05) is 0 Å². The largest absolute Gasteiger partial charge is 0.316 e. The van der Waals surface area contributed by atoms with Crippen LogP contribution in [0.5, 0.6) is 0 Å². The van der Waals surface area contributed by atoms with Crippen LogP contribution in [-0.2, 0) is 10.0 Å². The summed E-state index contributed by atoms with van der Waals surface area (Å²) in [6, 6.07) is 0. The Labute approximate surface area is 105 Å². The molecule has 0 radical (unpaired) electrons. The van der Waals surface area contributed by atoms with Crippen molar-refractivity contribution in [2.75, 3.05) is 25.4 Å².